The fraction of sp³-hybridized carbons (Fsp3) is 0.222. The molecule has 1 amide bonds. The van der Waals surface area contributed by atoms with Crippen LogP contribution in [0.1, 0.15) is 16.7 Å². The quantitative estimate of drug-likeness (QED) is 0.710. The molecule has 1 aromatic heterocycles. The van der Waals surface area contributed by atoms with E-state index in [1.807, 2.05) is 6.07 Å². The van der Waals surface area contributed by atoms with Crippen LogP contribution in [0.25, 0.3) is 6.08 Å². The number of primary amides is 1. The molecular weight excluding hydrogens is 170 g/mol. The van der Waals surface area contributed by atoms with Gasteiger partial charge in [0.15, 0.2) is 0 Å². The van der Waals surface area contributed by atoms with E-state index in [0.29, 0.717) is 0 Å². The summed E-state index contributed by atoms with van der Waals surface area (Å²) in [6.07, 6.45) is 4.16. The standard InChI is InChI=1S/C9H11NOS/c1-2-7-3-4-8(12-7)5-6-9(10)11/h3-6H,2H2,1H3,(H2,10,11)/b6-5-. The Labute approximate surface area is 75.7 Å². The van der Waals surface area contributed by atoms with E-state index < -0.39 is 5.91 Å². The minimum atomic E-state index is -0.401. The van der Waals surface area contributed by atoms with Crippen molar-refractivity contribution in [1.82, 2.24) is 0 Å². The zero-order chi connectivity index (χ0) is 8.97. The molecule has 3 heteroatoms. The molecule has 0 saturated carbocycles. The van der Waals surface area contributed by atoms with Crippen LogP contribution >= 0.6 is 11.3 Å². The van der Waals surface area contributed by atoms with Gasteiger partial charge in [-0.15, -0.1) is 11.3 Å². The van der Waals surface area contributed by atoms with Crippen LogP contribution in [0.15, 0.2) is 18.2 Å². The van der Waals surface area contributed by atoms with Gasteiger partial charge in [-0.25, -0.2) is 0 Å². The van der Waals surface area contributed by atoms with Crippen LogP contribution in [0.3, 0.4) is 0 Å². The molecule has 0 spiro atoms. The van der Waals surface area contributed by atoms with Gasteiger partial charge in [0.05, 0.1) is 0 Å². The van der Waals surface area contributed by atoms with Gasteiger partial charge in [0.1, 0.15) is 0 Å². The topological polar surface area (TPSA) is 43.1 Å². The Morgan fingerprint density at radius 1 is 1.67 bits per heavy atom. The summed E-state index contributed by atoms with van der Waals surface area (Å²) >= 11 is 1.68. The Morgan fingerprint density at radius 2 is 2.42 bits per heavy atom. The summed E-state index contributed by atoms with van der Waals surface area (Å²) < 4.78 is 0. The number of hydrogen-bond acceptors (Lipinski definition) is 2. The summed E-state index contributed by atoms with van der Waals surface area (Å²) in [5.41, 5.74) is 4.96. The van der Waals surface area contributed by atoms with Gasteiger partial charge in [-0.2, -0.15) is 0 Å². The third kappa shape index (κ3) is 2.51. The maximum absolute atomic E-state index is 10.4. The lowest BCUT2D eigenvalue weighted by atomic mass is 10.3. The smallest absolute Gasteiger partial charge is 0.241 e. The van der Waals surface area contributed by atoms with Crippen LogP contribution in [-0.4, -0.2) is 5.91 Å². The summed E-state index contributed by atoms with van der Waals surface area (Å²) in [7, 11) is 0. The van der Waals surface area contributed by atoms with Crippen molar-refractivity contribution in [2.45, 2.75) is 13.3 Å². The summed E-state index contributed by atoms with van der Waals surface area (Å²) in [6, 6.07) is 4.05. The fourth-order valence-electron chi connectivity index (χ4n) is 0.838. The van der Waals surface area contributed by atoms with E-state index in [9.17, 15) is 4.79 Å². The first-order valence-electron chi connectivity index (χ1n) is 3.78. The van der Waals surface area contributed by atoms with Gasteiger partial charge < -0.3 is 5.73 Å². The van der Waals surface area contributed by atoms with E-state index >= 15 is 0 Å². The predicted octanol–water partition coefficient (Wildman–Crippen LogP) is 1.81. The first-order valence-corrected chi connectivity index (χ1v) is 4.60. The van der Waals surface area contributed by atoms with Crippen LogP contribution in [0.2, 0.25) is 0 Å². The molecule has 0 aliphatic rings. The van der Waals surface area contributed by atoms with Crippen molar-refractivity contribution in [3.63, 3.8) is 0 Å². The molecule has 0 saturated heterocycles. The van der Waals surface area contributed by atoms with Crippen molar-refractivity contribution in [3.8, 4) is 0 Å². The molecule has 0 aromatic carbocycles. The molecule has 0 unspecified atom stereocenters. The number of carbonyl (C=O) groups is 1. The van der Waals surface area contributed by atoms with E-state index in [0.717, 1.165) is 11.3 Å². The van der Waals surface area contributed by atoms with Crippen LogP contribution in [0.4, 0.5) is 0 Å². The summed E-state index contributed by atoms with van der Waals surface area (Å²) in [4.78, 5) is 12.8. The number of aryl methyl sites for hydroxylation is 1. The minimum absolute atomic E-state index is 0.401. The van der Waals surface area contributed by atoms with Gasteiger partial charge in [-0.1, -0.05) is 6.92 Å². The predicted molar refractivity (Wildman–Crippen MR) is 51.9 cm³/mol. The van der Waals surface area contributed by atoms with Crippen LogP contribution in [0.5, 0.6) is 0 Å². The molecule has 0 bridgehead atoms. The van der Waals surface area contributed by atoms with Gasteiger partial charge in [0.2, 0.25) is 5.91 Å². The highest BCUT2D eigenvalue weighted by Gasteiger charge is 1.94. The second-order valence-electron chi connectivity index (χ2n) is 2.39. The molecule has 64 valence electrons. The molecule has 12 heavy (non-hydrogen) atoms. The van der Waals surface area contributed by atoms with Crippen molar-refractivity contribution in [1.29, 1.82) is 0 Å². The summed E-state index contributed by atoms with van der Waals surface area (Å²) in [5.74, 6) is -0.401. The number of carbonyl (C=O) groups excluding carboxylic acids is 1. The lowest BCUT2D eigenvalue weighted by Gasteiger charge is -1.83. The fourth-order valence-corrected chi connectivity index (χ4v) is 1.69. The molecule has 0 fully saturated rings. The monoisotopic (exact) mass is 181 g/mol. The van der Waals surface area contributed by atoms with Gasteiger partial charge >= 0.3 is 0 Å². The van der Waals surface area contributed by atoms with Gasteiger partial charge in [-0.3, -0.25) is 4.79 Å². The lowest BCUT2D eigenvalue weighted by Crippen LogP contribution is -2.04. The normalized spacial score (nSPS) is 10.8. The number of thiophene rings is 1. The third-order valence-corrected chi connectivity index (χ3v) is 2.64. The van der Waals surface area contributed by atoms with Crippen molar-refractivity contribution in [3.05, 3.63) is 28.0 Å². The average Bonchev–Trinajstić information content (AvgIpc) is 2.48. The zero-order valence-electron chi connectivity index (χ0n) is 6.91. The number of amides is 1. The van der Waals surface area contributed by atoms with Gasteiger partial charge in [-0.05, 0) is 24.6 Å². The highest BCUT2D eigenvalue weighted by Crippen LogP contribution is 2.17. The summed E-state index contributed by atoms with van der Waals surface area (Å²) in [5, 5.41) is 0. The summed E-state index contributed by atoms with van der Waals surface area (Å²) in [6.45, 7) is 2.10. The maximum Gasteiger partial charge on any atom is 0.241 e. The number of hydrogen-bond donors (Lipinski definition) is 1. The molecule has 0 aliphatic heterocycles. The lowest BCUT2D eigenvalue weighted by molar-refractivity contribution is -0.113. The molecular formula is C9H11NOS. The van der Waals surface area contributed by atoms with E-state index in [2.05, 4.69) is 13.0 Å². The molecule has 2 nitrogen and oxygen atoms in total. The molecule has 1 heterocycles. The first kappa shape index (κ1) is 9.00. The minimum Gasteiger partial charge on any atom is -0.366 e. The van der Waals surface area contributed by atoms with E-state index in [1.165, 1.54) is 11.0 Å². The first-order chi connectivity index (χ1) is 5.72. The Morgan fingerprint density at radius 3 is 2.92 bits per heavy atom. The molecule has 0 aliphatic carbocycles. The second kappa shape index (κ2) is 4.07. The van der Waals surface area contributed by atoms with E-state index in [1.54, 1.807) is 17.4 Å². The SMILES string of the molecule is CCc1ccc(/C=C\C(N)=O)s1. The largest absolute Gasteiger partial charge is 0.366 e. The molecule has 2 N–H and O–H groups in total. The van der Waals surface area contributed by atoms with E-state index in [4.69, 9.17) is 5.73 Å². The average molecular weight is 181 g/mol. The zero-order valence-corrected chi connectivity index (χ0v) is 7.73. The Bertz CT molecular complexity index is 301. The molecule has 1 aromatic rings. The van der Waals surface area contributed by atoms with Crippen molar-refractivity contribution in [2.75, 3.05) is 0 Å². The van der Waals surface area contributed by atoms with Crippen molar-refractivity contribution in [2.24, 2.45) is 5.73 Å². The Kier molecular flexibility index (Phi) is 3.05. The molecule has 1 rings (SSSR count). The maximum atomic E-state index is 10.4. The van der Waals surface area contributed by atoms with Crippen LogP contribution in [-0.2, 0) is 11.2 Å². The van der Waals surface area contributed by atoms with Gasteiger partial charge in [0, 0.05) is 15.8 Å². The van der Waals surface area contributed by atoms with Gasteiger partial charge in [0.25, 0.3) is 0 Å². The van der Waals surface area contributed by atoms with Crippen molar-refractivity contribution >= 4 is 23.3 Å². The third-order valence-electron chi connectivity index (χ3n) is 1.44. The number of nitrogens with two attached hydrogens (primary N) is 1. The van der Waals surface area contributed by atoms with Crippen LogP contribution in [0, 0.1) is 0 Å². The highest BCUT2D eigenvalue weighted by atomic mass is 32.1. The highest BCUT2D eigenvalue weighted by molar-refractivity contribution is 7.12. The second-order valence-corrected chi connectivity index (χ2v) is 3.59. The Balaban J connectivity index is 2.70. The number of rotatable bonds is 3. The Hall–Kier alpha value is -1.09. The molecule has 0 radical (unpaired) electrons. The van der Waals surface area contributed by atoms with Crippen molar-refractivity contribution < 1.29 is 4.79 Å². The van der Waals surface area contributed by atoms with E-state index in [-0.39, 0.29) is 0 Å². The molecule has 0 atom stereocenters. The van der Waals surface area contributed by atoms with Crippen LogP contribution < -0.4 is 5.73 Å².